The maximum Gasteiger partial charge on any atom is 0.321 e. The molecule has 0 radical (unpaired) electrons. The summed E-state index contributed by atoms with van der Waals surface area (Å²) < 4.78 is 0. The molecule has 0 saturated carbocycles. The van der Waals surface area contributed by atoms with Gasteiger partial charge in [0.15, 0.2) is 0 Å². The van der Waals surface area contributed by atoms with Crippen molar-refractivity contribution in [1.82, 2.24) is 15.1 Å². The molecule has 0 aromatic heterocycles. The zero-order chi connectivity index (χ0) is 23.2. The summed E-state index contributed by atoms with van der Waals surface area (Å²) in [5.41, 5.74) is 4.66. The van der Waals surface area contributed by atoms with Gasteiger partial charge in [-0.3, -0.25) is 9.69 Å². The molecule has 0 bridgehead atoms. The van der Waals surface area contributed by atoms with Gasteiger partial charge >= 0.3 is 6.03 Å². The fraction of sp³-hybridized carbons (Fsp3) is 0.481. The predicted octanol–water partition coefficient (Wildman–Crippen LogP) is 3.48. The van der Waals surface area contributed by atoms with Gasteiger partial charge in [-0.1, -0.05) is 36.4 Å². The van der Waals surface area contributed by atoms with Gasteiger partial charge in [-0.05, 0) is 67.5 Å². The van der Waals surface area contributed by atoms with Gasteiger partial charge in [-0.15, -0.1) is 0 Å². The first kappa shape index (κ1) is 23.3. The molecule has 2 aliphatic rings. The molecular weight excluding hydrogens is 412 g/mol. The summed E-state index contributed by atoms with van der Waals surface area (Å²) >= 11 is 0. The van der Waals surface area contributed by atoms with Gasteiger partial charge in [0.05, 0.1) is 6.42 Å². The van der Waals surface area contributed by atoms with Crippen LogP contribution in [0.3, 0.4) is 0 Å². The van der Waals surface area contributed by atoms with Crippen LogP contribution >= 0.6 is 0 Å². The first-order valence-corrected chi connectivity index (χ1v) is 12.1. The monoisotopic (exact) mass is 448 g/mol. The fourth-order valence-electron chi connectivity index (χ4n) is 4.98. The van der Waals surface area contributed by atoms with E-state index in [0.717, 1.165) is 43.9 Å². The molecule has 6 nitrogen and oxygen atoms in total. The molecule has 3 amide bonds. The number of urea groups is 1. The third-order valence-electron chi connectivity index (χ3n) is 6.98. The molecule has 6 heteroatoms. The number of carbonyl (C=O) groups excluding carboxylic acids is 2. The highest BCUT2D eigenvalue weighted by molar-refractivity contribution is 5.94. The lowest BCUT2D eigenvalue weighted by Crippen LogP contribution is -2.42. The van der Waals surface area contributed by atoms with E-state index < -0.39 is 0 Å². The minimum atomic E-state index is -0.0565. The first-order chi connectivity index (χ1) is 16.0. The van der Waals surface area contributed by atoms with E-state index in [1.54, 1.807) is 4.90 Å². The highest BCUT2D eigenvalue weighted by Gasteiger charge is 2.23. The van der Waals surface area contributed by atoms with E-state index >= 15 is 0 Å². The van der Waals surface area contributed by atoms with E-state index in [4.69, 9.17) is 0 Å². The Balaban J connectivity index is 1.24. The zero-order valence-corrected chi connectivity index (χ0v) is 19.9. The number of likely N-dealkylation sites (N-methyl/N-ethyl adjacent to an activating group) is 1. The van der Waals surface area contributed by atoms with E-state index in [0.29, 0.717) is 25.4 Å². The molecule has 1 unspecified atom stereocenters. The normalized spacial score (nSPS) is 18.9. The van der Waals surface area contributed by atoms with Crippen molar-refractivity contribution in [2.24, 2.45) is 5.92 Å². The number of benzene rings is 2. The Labute approximate surface area is 197 Å². The summed E-state index contributed by atoms with van der Waals surface area (Å²) in [6, 6.07) is 16.4. The third kappa shape index (κ3) is 6.14. The average Bonchev–Trinajstić information content (AvgIpc) is 3.25. The molecule has 2 saturated heterocycles. The van der Waals surface area contributed by atoms with Crippen LogP contribution in [0.4, 0.5) is 10.5 Å². The number of nitrogens with zero attached hydrogens (tertiary/aromatic N) is 3. The Morgan fingerprint density at radius 3 is 2.64 bits per heavy atom. The topological polar surface area (TPSA) is 55.9 Å². The summed E-state index contributed by atoms with van der Waals surface area (Å²) in [6.45, 7) is 7.66. The zero-order valence-electron chi connectivity index (χ0n) is 19.9. The van der Waals surface area contributed by atoms with Gasteiger partial charge in [0.2, 0.25) is 5.91 Å². The smallest absolute Gasteiger partial charge is 0.321 e. The van der Waals surface area contributed by atoms with Crippen molar-refractivity contribution in [1.29, 1.82) is 0 Å². The van der Waals surface area contributed by atoms with E-state index in [1.165, 1.54) is 24.0 Å². The molecule has 1 atom stereocenters. The quantitative estimate of drug-likeness (QED) is 0.673. The van der Waals surface area contributed by atoms with Crippen LogP contribution in [0, 0.1) is 12.8 Å². The van der Waals surface area contributed by atoms with Crippen LogP contribution in [-0.2, 0) is 17.6 Å². The number of piperidine rings is 1. The van der Waals surface area contributed by atoms with Crippen molar-refractivity contribution in [3.05, 3.63) is 65.2 Å². The highest BCUT2D eigenvalue weighted by Crippen LogP contribution is 2.20. The second kappa shape index (κ2) is 10.8. The van der Waals surface area contributed by atoms with Crippen LogP contribution in [-0.4, -0.2) is 68.1 Å². The van der Waals surface area contributed by atoms with E-state index in [-0.39, 0.29) is 11.9 Å². The van der Waals surface area contributed by atoms with Crippen molar-refractivity contribution in [3.63, 3.8) is 0 Å². The molecule has 2 fully saturated rings. The van der Waals surface area contributed by atoms with Crippen molar-refractivity contribution < 1.29 is 9.59 Å². The molecule has 4 rings (SSSR count). The van der Waals surface area contributed by atoms with Crippen molar-refractivity contribution in [2.75, 3.05) is 51.2 Å². The van der Waals surface area contributed by atoms with Gasteiger partial charge < -0.3 is 15.1 Å². The van der Waals surface area contributed by atoms with E-state index in [2.05, 4.69) is 41.4 Å². The Morgan fingerprint density at radius 1 is 1.12 bits per heavy atom. The molecule has 2 aliphatic heterocycles. The number of amides is 3. The lowest BCUT2D eigenvalue weighted by atomic mass is 9.96. The lowest BCUT2D eigenvalue weighted by Gasteiger charge is -2.35. The van der Waals surface area contributed by atoms with Gasteiger partial charge in [0.1, 0.15) is 0 Å². The molecule has 2 heterocycles. The van der Waals surface area contributed by atoms with Crippen molar-refractivity contribution in [3.8, 4) is 0 Å². The molecule has 0 spiro atoms. The van der Waals surface area contributed by atoms with Gasteiger partial charge in [-0.2, -0.15) is 0 Å². The first-order valence-electron chi connectivity index (χ1n) is 12.1. The van der Waals surface area contributed by atoms with Crippen LogP contribution < -0.4 is 10.2 Å². The Hall–Kier alpha value is -2.86. The van der Waals surface area contributed by atoms with Crippen LogP contribution in [0.25, 0.3) is 0 Å². The van der Waals surface area contributed by atoms with Gasteiger partial charge in [-0.25, -0.2) is 4.79 Å². The summed E-state index contributed by atoms with van der Waals surface area (Å²) in [4.78, 5) is 30.9. The number of carbonyl (C=O) groups is 2. The average molecular weight is 449 g/mol. The van der Waals surface area contributed by atoms with E-state index in [1.807, 2.05) is 36.2 Å². The van der Waals surface area contributed by atoms with Crippen LogP contribution in [0.2, 0.25) is 0 Å². The Kier molecular flexibility index (Phi) is 7.65. The van der Waals surface area contributed by atoms with Crippen LogP contribution in [0.15, 0.2) is 48.5 Å². The molecule has 33 heavy (non-hydrogen) atoms. The Bertz CT molecular complexity index is 959. The number of aryl methyl sites for hydroxylation is 1. The number of hydrogen-bond acceptors (Lipinski definition) is 3. The highest BCUT2D eigenvalue weighted by atomic mass is 16.2. The van der Waals surface area contributed by atoms with Gasteiger partial charge in [0.25, 0.3) is 0 Å². The molecular formula is C27H36N4O2. The standard InChI is InChI=1S/C27H36N4O2/c1-21-6-3-4-8-24(21)13-16-30-15-5-7-23(20-30)19-29(2)26(32)18-22-9-11-25(12-10-22)31-17-14-28-27(31)33/h3-4,6,8-12,23H,5,7,13-20H2,1-2H3,(H,28,33). The largest absolute Gasteiger partial charge is 0.345 e. The maximum absolute atomic E-state index is 12.8. The van der Waals surface area contributed by atoms with Crippen molar-refractivity contribution in [2.45, 2.75) is 32.6 Å². The van der Waals surface area contributed by atoms with E-state index in [9.17, 15) is 9.59 Å². The summed E-state index contributed by atoms with van der Waals surface area (Å²) in [5.74, 6) is 0.680. The molecule has 2 aromatic rings. The number of anilines is 1. The molecule has 1 N–H and O–H groups in total. The fourth-order valence-corrected chi connectivity index (χ4v) is 4.98. The van der Waals surface area contributed by atoms with Crippen LogP contribution in [0.1, 0.15) is 29.5 Å². The summed E-state index contributed by atoms with van der Waals surface area (Å²) in [6.07, 6.45) is 3.87. The molecule has 2 aromatic carbocycles. The SMILES string of the molecule is Cc1ccccc1CCN1CCCC(CN(C)C(=O)Cc2ccc(N3CCNC3=O)cc2)C1. The summed E-state index contributed by atoms with van der Waals surface area (Å²) in [5, 5.41) is 2.81. The minimum Gasteiger partial charge on any atom is -0.345 e. The third-order valence-corrected chi connectivity index (χ3v) is 6.98. The number of likely N-dealkylation sites (tertiary alicyclic amines) is 1. The minimum absolute atomic E-state index is 0.0565. The summed E-state index contributed by atoms with van der Waals surface area (Å²) in [7, 11) is 1.93. The second-order valence-electron chi connectivity index (χ2n) is 9.49. The number of rotatable bonds is 8. The van der Waals surface area contributed by atoms with Gasteiger partial charge in [0, 0.05) is 45.5 Å². The molecule has 0 aliphatic carbocycles. The second-order valence-corrected chi connectivity index (χ2v) is 9.49. The van der Waals surface area contributed by atoms with Crippen LogP contribution in [0.5, 0.6) is 0 Å². The molecule has 176 valence electrons. The predicted molar refractivity (Wildman–Crippen MR) is 133 cm³/mol. The maximum atomic E-state index is 12.8. The lowest BCUT2D eigenvalue weighted by molar-refractivity contribution is -0.130. The Morgan fingerprint density at radius 2 is 1.91 bits per heavy atom. The number of hydrogen-bond donors (Lipinski definition) is 1. The van der Waals surface area contributed by atoms with Crippen molar-refractivity contribution >= 4 is 17.6 Å². The number of nitrogens with one attached hydrogen (secondary N) is 1.